The van der Waals surface area contributed by atoms with Gasteiger partial charge in [0.25, 0.3) is 0 Å². The summed E-state index contributed by atoms with van der Waals surface area (Å²) >= 11 is 6.23. The molecule has 3 N–H and O–H groups in total. The van der Waals surface area contributed by atoms with E-state index in [1.165, 1.54) is 10.8 Å². The molecule has 1 aliphatic heterocycles. The number of allylic oxidation sites excluding steroid dienone is 1. The zero-order valence-electron chi connectivity index (χ0n) is 13.6. The van der Waals surface area contributed by atoms with Crippen molar-refractivity contribution in [3.63, 3.8) is 0 Å². The summed E-state index contributed by atoms with van der Waals surface area (Å²) < 4.78 is 0. The Bertz CT molecular complexity index is 642. The van der Waals surface area contributed by atoms with Gasteiger partial charge < -0.3 is 10.8 Å². The van der Waals surface area contributed by atoms with Crippen molar-refractivity contribution in [3.8, 4) is 0 Å². The Balaban J connectivity index is 1.91. The third kappa shape index (κ3) is 6.34. The van der Waals surface area contributed by atoms with Gasteiger partial charge >= 0.3 is 5.97 Å². The standard InChI is InChI=1S/C17H21ClN2O3S2/c18-14-4-2-1-3-12(14)9-20-7-5-16(13(10-20)6-8-21)25-24-11-15(19)17(22)23/h1-4,6,8,15-16H,5,7,9-11,19H2,(H,22,23)/b13-6-/t15-,16?/m0/s1. The number of hydrogen-bond acceptors (Lipinski definition) is 6. The molecule has 1 aliphatic rings. The summed E-state index contributed by atoms with van der Waals surface area (Å²) in [5.74, 6) is -0.653. The summed E-state index contributed by atoms with van der Waals surface area (Å²) in [6.45, 7) is 2.34. The van der Waals surface area contributed by atoms with Crippen LogP contribution in [0.5, 0.6) is 0 Å². The molecule has 0 radical (unpaired) electrons. The fourth-order valence-corrected chi connectivity index (χ4v) is 5.58. The van der Waals surface area contributed by atoms with E-state index in [-0.39, 0.29) is 5.25 Å². The number of rotatable bonds is 8. The molecule has 1 fully saturated rings. The van der Waals surface area contributed by atoms with Crippen LogP contribution in [0.4, 0.5) is 0 Å². The normalized spacial score (nSPS) is 21.2. The van der Waals surface area contributed by atoms with E-state index in [4.69, 9.17) is 22.4 Å². The number of carbonyl (C=O) groups excluding carboxylic acids is 1. The molecule has 8 heteroatoms. The third-order valence-electron chi connectivity index (χ3n) is 3.91. The summed E-state index contributed by atoms with van der Waals surface area (Å²) in [4.78, 5) is 24.0. The minimum atomic E-state index is -0.994. The fourth-order valence-electron chi connectivity index (χ4n) is 2.55. The van der Waals surface area contributed by atoms with E-state index in [9.17, 15) is 9.59 Å². The Morgan fingerprint density at radius 3 is 2.92 bits per heavy atom. The van der Waals surface area contributed by atoms with E-state index in [1.807, 2.05) is 24.3 Å². The lowest BCUT2D eigenvalue weighted by molar-refractivity contribution is -0.137. The number of likely N-dealkylation sites (tertiary alicyclic amines) is 1. The van der Waals surface area contributed by atoms with Gasteiger partial charge in [-0.2, -0.15) is 0 Å². The van der Waals surface area contributed by atoms with Gasteiger partial charge in [0.2, 0.25) is 0 Å². The number of carboxylic acids is 1. The number of nitrogens with zero attached hydrogens (tertiary/aromatic N) is 1. The molecule has 0 bridgehead atoms. The lowest BCUT2D eigenvalue weighted by atomic mass is 10.0. The Kier molecular flexibility index (Phi) is 8.32. The van der Waals surface area contributed by atoms with Crippen LogP contribution < -0.4 is 5.73 Å². The highest BCUT2D eigenvalue weighted by atomic mass is 35.5. The van der Waals surface area contributed by atoms with E-state index >= 15 is 0 Å². The van der Waals surface area contributed by atoms with Crippen molar-refractivity contribution in [1.82, 2.24) is 4.90 Å². The third-order valence-corrected chi connectivity index (χ3v) is 7.19. The number of carbonyl (C=O) groups is 2. The monoisotopic (exact) mass is 400 g/mol. The number of aliphatic carboxylic acids is 1. The summed E-state index contributed by atoms with van der Waals surface area (Å²) in [6, 6.07) is 6.90. The maximum absolute atomic E-state index is 11.0. The smallest absolute Gasteiger partial charge is 0.321 e. The number of nitrogens with two attached hydrogens (primary N) is 1. The molecule has 0 spiro atoms. The minimum absolute atomic E-state index is 0.193. The van der Waals surface area contributed by atoms with E-state index in [1.54, 1.807) is 16.9 Å². The van der Waals surface area contributed by atoms with Crippen LogP contribution in [-0.2, 0) is 16.1 Å². The topological polar surface area (TPSA) is 83.6 Å². The lowest BCUT2D eigenvalue weighted by Crippen LogP contribution is -2.36. The summed E-state index contributed by atoms with van der Waals surface area (Å²) in [7, 11) is 3.04. The van der Waals surface area contributed by atoms with Gasteiger partial charge in [0.1, 0.15) is 12.3 Å². The molecular formula is C17H21ClN2O3S2. The van der Waals surface area contributed by atoms with E-state index < -0.39 is 12.0 Å². The first-order chi connectivity index (χ1) is 12.0. The molecular weight excluding hydrogens is 380 g/mol. The number of halogens is 1. The molecule has 0 saturated carbocycles. The van der Waals surface area contributed by atoms with Gasteiger partial charge in [0.15, 0.2) is 0 Å². The zero-order valence-corrected chi connectivity index (χ0v) is 16.0. The minimum Gasteiger partial charge on any atom is -0.480 e. The number of aldehydes is 1. The number of benzene rings is 1. The van der Waals surface area contributed by atoms with Crippen LogP contribution in [0.2, 0.25) is 5.02 Å². The predicted octanol–water partition coefficient (Wildman–Crippen LogP) is 2.83. The molecule has 1 unspecified atom stereocenters. The molecule has 1 aromatic rings. The highest BCUT2D eigenvalue weighted by Gasteiger charge is 2.25. The van der Waals surface area contributed by atoms with Crippen LogP contribution in [0.3, 0.4) is 0 Å². The second kappa shape index (κ2) is 10.2. The Labute approximate surface area is 160 Å². The van der Waals surface area contributed by atoms with Gasteiger partial charge in [-0.05, 0) is 29.7 Å². The van der Waals surface area contributed by atoms with Crippen molar-refractivity contribution in [2.75, 3.05) is 18.8 Å². The quantitative estimate of drug-likeness (QED) is 0.394. The van der Waals surface area contributed by atoms with Crippen molar-refractivity contribution in [3.05, 3.63) is 46.5 Å². The molecule has 0 amide bonds. The lowest BCUT2D eigenvalue weighted by Gasteiger charge is -2.33. The molecule has 1 heterocycles. The summed E-state index contributed by atoms with van der Waals surface area (Å²) in [5.41, 5.74) is 7.64. The molecule has 1 aromatic carbocycles. The molecule has 136 valence electrons. The van der Waals surface area contributed by atoms with E-state index in [2.05, 4.69) is 4.90 Å². The first-order valence-corrected chi connectivity index (χ1v) is 10.6. The van der Waals surface area contributed by atoms with Crippen LogP contribution >= 0.6 is 33.2 Å². The number of piperidine rings is 1. The average Bonchev–Trinajstić information content (AvgIpc) is 2.59. The van der Waals surface area contributed by atoms with Gasteiger partial charge in [-0.1, -0.05) is 51.4 Å². The number of hydrogen-bond donors (Lipinski definition) is 2. The molecule has 0 aliphatic carbocycles. The fraction of sp³-hybridized carbons (Fsp3) is 0.412. The number of carboxylic acid groups (broad SMARTS) is 1. The van der Waals surface area contributed by atoms with E-state index in [0.29, 0.717) is 12.3 Å². The van der Waals surface area contributed by atoms with Crippen LogP contribution in [-0.4, -0.2) is 52.4 Å². The summed E-state index contributed by atoms with van der Waals surface area (Å²) in [6.07, 6.45) is 3.33. The largest absolute Gasteiger partial charge is 0.480 e. The molecule has 0 aromatic heterocycles. The van der Waals surface area contributed by atoms with Gasteiger partial charge in [0.05, 0.1) is 0 Å². The van der Waals surface area contributed by atoms with Crippen molar-refractivity contribution in [2.45, 2.75) is 24.3 Å². The predicted molar refractivity (Wildman–Crippen MR) is 105 cm³/mol. The van der Waals surface area contributed by atoms with Gasteiger partial charge in [-0.3, -0.25) is 14.5 Å². The first kappa shape index (κ1) is 20.3. The maximum Gasteiger partial charge on any atom is 0.321 e. The van der Waals surface area contributed by atoms with Crippen molar-refractivity contribution >= 4 is 45.4 Å². The molecule has 2 atom stereocenters. The van der Waals surface area contributed by atoms with Crippen LogP contribution in [0.25, 0.3) is 0 Å². The SMILES string of the molecule is N[C@@H](CSSC1CCN(Cc2ccccc2Cl)C/C1=C/C=O)C(=O)O. The second-order valence-corrected chi connectivity index (χ2v) is 8.80. The van der Waals surface area contributed by atoms with Gasteiger partial charge in [-0.25, -0.2) is 0 Å². The zero-order chi connectivity index (χ0) is 18.2. The van der Waals surface area contributed by atoms with Gasteiger partial charge in [0, 0.05) is 35.7 Å². The molecule has 25 heavy (non-hydrogen) atoms. The first-order valence-electron chi connectivity index (χ1n) is 7.88. The highest BCUT2D eigenvalue weighted by Crippen LogP contribution is 2.36. The van der Waals surface area contributed by atoms with Crippen LogP contribution in [0, 0.1) is 0 Å². The van der Waals surface area contributed by atoms with Crippen molar-refractivity contribution in [1.29, 1.82) is 0 Å². The van der Waals surface area contributed by atoms with E-state index in [0.717, 1.165) is 42.0 Å². The average molecular weight is 401 g/mol. The summed E-state index contributed by atoms with van der Waals surface area (Å²) in [5, 5.41) is 9.77. The van der Waals surface area contributed by atoms with Crippen LogP contribution in [0.1, 0.15) is 12.0 Å². The Morgan fingerprint density at radius 1 is 1.48 bits per heavy atom. The molecule has 1 saturated heterocycles. The Hall–Kier alpha value is -0.990. The van der Waals surface area contributed by atoms with Crippen molar-refractivity contribution < 1.29 is 14.7 Å². The molecule has 5 nitrogen and oxygen atoms in total. The van der Waals surface area contributed by atoms with Crippen molar-refractivity contribution in [2.24, 2.45) is 5.73 Å². The molecule has 2 rings (SSSR count). The van der Waals surface area contributed by atoms with Gasteiger partial charge in [-0.15, -0.1) is 0 Å². The Morgan fingerprint density at radius 2 is 2.24 bits per heavy atom. The maximum atomic E-state index is 11.0. The second-order valence-electron chi connectivity index (χ2n) is 5.78. The highest BCUT2D eigenvalue weighted by molar-refractivity contribution is 8.77. The van der Waals surface area contributed by atoms with Crippen LogP contribution in [0.15, 0.2) is 35.9 Å².